The Labute approximate surface area is 90.7 Å². The maximum atomic E-state index is 10.5. The van der Waals surface area contributed by atoms with E-state index in [9.17, 15) is 4.79 Å². The first-order valence-corrected chi connectivity index (χ1v) is 5.20. The van der Waals surface area contributed by atoms with Crippen molar-refractivity contribution in [3.8, 4) is 0 Å². The quantitative estimate of drug-likeness (QED) is 0.753. The van der Waals surface area contributed by atoms with E-state index in [-0.39, 0.29) is 0 Å². The van der Waals surface area contributed by atoms with Gasteiger partial charge in [0.25, 0.3) is 0 Å². The van der Waals surface area contributed by atoms with Crippen molar-refractivity contribution in [3.05, 3.63) is 34.4 Å². The number of aldehydes is 1. The summed E-state index contributed by atoms with van der Waals surface area (Å²) in [5, 5.41) is 1.20. The molecule has 0 saturated heterocycles. The number of benzene rings is 1. The molecular formula is C11H10BrNO. The number of aromatic nitrogens is 1. The minimum absolute atomic E-state index is 0.423. The van der Waals surface area contributed by atoms with Crippen molar-refractivity contribution in [2.24, 2.45) is 0 Å². The number of halogens is 1. The molecule has 0 bridgehead atoms. The zero-order valence-corrected chi connectivity index (χ0v) is 9.41. The molecule has 1 heterocycles. The number of carbonyl (C=O) groups excluding carboxylic acids is 1. The van der Waals surface area contributed by atoms with Crippen LogP contribution in [0.4, 0.5) is 0 Å². The minimum Gasteiger partial charge on any atom is -0.340 e. The SMILES string of the molecule is Cc1cn(CC=O)c2ccc(Br)cc12. The second-order valence-electron chi connectivity index (χ2n) is 3.29. The summed E-state index contributed by atoms with van der Waals surface area (Å²) in [6.07, 6.45) is 2.92. The van der Waals surface area contributed by atoms with Gasteiger partial charge >= 0.3 is 0 Å². The molecule has 1 aromatic heterocycles. The van der Waals surface area contributed by atoms with Crippen LogP contribution in [0.1, 0.15) is 5.56 Å². The molecule has 0 radical (unpaired) electrons. The maximum Gasteiger partial charge on any atom is 0.139 e. The highest BCUT2D eigenvalue weighted by Crippen LogP contribution is 2.24. The summed E-state index contributed by atoms with van der Waals surface area (Å²) < 4.78 is 3.03. The van der Waals surface area contributed by atoms with Crippen LogP contribution in [-0.4, -0.2) is 10.9 Å². The molecular weight excluding hydrogens is 242 g/mol. The first-order chi connectivity index (χ1) is 6.72. The van der Waals surface area contributed by atoms with Gasteiger partial charge in [-0.05, 0) is 30.7 Å². The Bertz CT molecular complexity index is 487. The second-order valence-corrected chi connectivity index (χ2v) is 4.21. The fourth-order valence-electron chi connectivity index (χ4n) is 1.68. The summed E-state index contributed by atoms with van der Waals surface area (Å²) in [6, 6.07) is 6.09. The van der Waals surface area contributed by atoms with E-state index in [1.54, 1.807) is 0 Å². The van der Waals surface area contributed by atoms with E-state index in [0.717, 1.165) is 16.3 Å². The third-order valence-electron chi connectivity index (χ3n) is 2.31. The second kappa shape index (κ2) is 3.58. The summed E-state index contributed by atoms with van der Waals surface area (Å²) in [4.78, 5) is 10.5. The third kappa shape index (κ3) is 1.48. The highest BCUT2D eigenvalue weighted by Gasteiger charge is 2.04. The molecule has 0 amide bonds. The summed E-state index contributed by atoms with van der Waals surface area (Å²) >= 11 is 3.44. The molecule has 0 unspecified atom stereocenters. The lowest BCUT2D eigenvalue weighted by atomic mass is 10.2. The van der Waals surface area contributed by atoms with Crippen LogP contribution in [-0.2, 0) is 11.3 Å². The van der Waals surface area contributed by atoms with Gasteiger partial charge in [0, 0.05) is 21.6 Å². The zero-order valence-electron chi connectivity index (χ0n) is 7.83. The smallest absolute Gasteiger partial charge is 0.139 e. The van der Waals surface area contributed by atoms with Crippen LogP contribution in [0.3, 0.4) is 0 Å². The Kier molecular flexibility index (Phi) is 2.42. The molecule has 2 nitrogen and oxygen atoms in total. The van der Waals surface area contributed by atoms with Crippen molar-refractivity contribution in [3.63, 3.8) is 0 Å². The first kappa shape index (κ1) is 9.46. The summed E-state index contributed by atoms with van der Waals surface area (Å²) in [6.45, 7) is 2.47. The molecule has 0 atom stereocenters. The Morgan fingerprint density at radius 1 is 1.50 bits per heavy atom. The lowest BCUT2D eigenvalue weighted by molar-refractivity contribution is -0.108. The Morgan fingerprint density at radius 3 is 3.00 bits per heavy atom. The van der Waals surface area contributed by atoms with Crippen molar-refractivity contribution >= 4 is 33.1 Å². The Balaban J connectivity index is 2.70. The number of fused-ring (bicyclic) bond motifs is 1. The monoisotopic (exact) mass is 251 g/mol. The predicted molar refractivity (Wildman–Crippen MR) is 60.4 cm³/mol. The van der Waals surface area contributed by atoms with Gasteiger partial charge in [-0.1, -0.05) is 15.9 Å². The van der Waals surface area contributed by atoms with E-state index in [1.807, 2.05) is 22.9 Å². The Morgan fingerprint density at radius 2 is 2.29 bits per heavy atom. The highest BCUT2D eigenvalue weighted by molar-refractivity contribution is 9.10. The van der Waals surface area contributed by atoms with Gasteiger partial charge in [0.05, 0.1) is 6.54 Å². The molecule has 2 aromatic rings. The van der Waals surface area contributed by atoms with Crippen LogP contribution >= 0.6 is 15.9 Å². The first-order valence-electron chi connectivity index (χ1n) is 4.41. The van der Waals surface area contributed by atoms with Crippen LogP contribution in [0.25, 0.3) is 10.9 Å². The molecule has 1 aromatic carbocycles. The maximum absolute atomic E-state index is 10.5. The van der Waals surface area contributed by atoms with Gasteiger partial charge in [0.2, 0.25) is 0 Å². The fourth-order valence-corrected chi connectivity index (χ4v) is 2.04. The van der Waals surface area contributed by atoms with Crippen LogP contribution in [0.5, 0.6) is 0 Å². The molecule has 0 spiro atoms. The molecule has 3 heteroatoms. The molecule has 0 aliphatic heterocycles. The van der Waals surface area contributed by atoms with E-state index >= 15 is 0 Å². The van der Waals surface area contributed by atoms with Gasteiger partial charge in [-0.15, -0.1) is 0 Å². The molecule has 0 aliphatic rings. The molecule has 0 N–H and O–H groups in total. The fraction of sp³-hybridized carbons (Fsp3) is 0.182. The number of hydrogen-bond donors (Lipinski definition) is 0. The van der Waals surface area contributed by atoms with Gasteiger partial charge in [-0.25, -0.2) is 0 Å². The molecule has 72 valence electrons. The van der Waals surface area contributed by atoms with Crippen molar-refractivity contribution in [2.75, 3.05) is 0 Å². The molecule has 0 aliphatic carbocycles. The Hall–Kier alpha value is -1.09. The van der Waals surface area contributed by atoms with Gasteiger partial charge in [-0.3, -0.25) is 0 Å². The van der Waals surface area contributed by atoms with Gasteiger partial charge in [0.15, 0.2) is 0 Å². The minimum atomic E-state index is 0.423. The normalized spacial score (nSPS) is 10.7. The van der Waals surface area contributed by atoms with Crippen LogP contribution < -0.4 is 0 Å². The summed E-state index contributed by atoms with van der Waals surface area (Å²) in [5.41, 5.74) is 2.31. The van der Waals surface area contributed by atoms with E-state index in [1.165, 1.54) is 10.9 Å². The molecule has 14 heavy (non-hydrogen) atoms. The standard InChI is InChI=1S/C11H10BrNO/c1-8-7-13(4-5-14)11-3-2-9(12)6-10(8)11/h2-3,5-7H,4H2,1H3. The van der Waals surface area contributed by atoms with E-state index in [2.05, 4.69) is 28.9 Å². The van der Waals surface area contributed by atoms with Crippen molar-refractivity contribution in [2.45, 2.75) is 13.5 Å². The lowest BCUT2D eigenvalue weighted by Crippen LogP contribution is -1.95. The van der Waals surface area contributed by atoms with Crippen molar-refractivity contribution in [1.29, 1.82) is 0 Å². The number of rotatable bonds is 2. The summed E-state index contributed by atoms with van der Waals surface area (Å²) in [7, 11) is 0. The summed E-state index contributed by atoms with van der Waals surface area (Å²) in [5.74, 6) is 0. The van der Waals surface area contributed by atoms with Crippen molar-refractivity contribution < 1.29 is 4.79 Å². The average Bonchev–Trinajstić information content (AvgIpc) is 2.44. The van der Waals surface area contributed by atoms with Gasteiger partial charge in [0.1, 0.15) is 6.29 Å². The van der Waals surface area contributed by atoms with Crippen molar-refractivity contribution in [1.82, 2.24) is 4.57 Å². The van der Waals surface area contributed by atoms with E-state index in [4.69, 9.17) is 0 Å². The van der Waals surface area contributed by atoms with E-state index in [0.29, 0.717) is 6.54 Å². The number of hydrogen-bond acceptors (Lipinski definition) is 1. The number of nitrogens with zero attached hydrogens (tertiary/aromatic N) is 1. The van der Waals surface area contributed by atoms with Crippen LogP contribution in [0.2, 0.25) is 0 Å². The van der Waals surface area contributed by atoms with E-state index < -0.39 is 0 Å². The number of aryl methyl sites for hydroxylation is 1. The highest BCUT2D eigenvalue weighted by atomic mass is 79.9. The predicted octanol–water partition coefficient (Wildman–Crippen LogP) is 2.91. The van der Waals surface area contributed by atoms with Gasteiger partial charge < -0.3 is 9.36 Å². The molecule has 0 fully saturated rings. The van der Waals surface area contributed by atoms with Crippen LogP contribution in [0, 0.1) is 6.92 Å². The average molecular weight is 252 g/mol. The topological polar surface area (TPSA) is 22.0 Å². The zero-order chi connectivity index (χ0) is 10.1. The largest absolute Gasteiger partial charge is 0.340 e. The van der Waals surface area contributed by atoms with Gasteiger partial charge in [-0.2, -0.15) is 0 Å². The number of carbonyl (C=O) groups is 1. The third-order valence-corrected chi connectivity index (χ3v) is 2.81. The lowest BCUT2D eigenvalue weighted by Gasteiger charge is -1.98. The molecule has 0 saturated carbocycles. The molecule has 2 rings (SSSR count). The van der Waals surface area contributed by atoms with Crippen LogP contribution in [0.15, 0.2) is 28.9 Å².